The van der Waals surface area contributed by atoms with Crippen LogP contribution in [0, 0.1) is 12.8 Å². The number of azide groups is 1. The van der Waals surface area contributed by atoms with E-state index in [-0.39, 0.29) is 18.6 Å². The van der Waals surface area contributed by atoms with Crippen molar-refractivity contribution in [3.63, 3.8) is 0 Å². The maximum atomic E-state index is 11.2. The lowest BCUT2D eigenvalue weighted by Crippen LogP contribution is -2.29. The highest BCUT2D eigenvalue weighted by Gasteiger charge is 2.28. The summed E-state index contributed by atoms with van der Waals surface area (Å²) in [6.07, 6.45) is 5.94. The van der Waals surface area contributed by atoms with Gasteiger partial charge < -0.3 is 9.84 Å². The Morgan fingerprint density at radius 3 is 3.00 bits per heavy atom. The van der Waals surface area contributed by atoms with Crippen LogP contribution in [0.3, 0.4) is 0 Å². The molecule has 1 N–H and O–H groups in total. The van der Waals surface area contributed by atoms with Gasteiger partial charge in [-0.05, 0) is 38.1 Å². The molecule has 27 heavy (non-hydrogen) atoms. The summed E-state index contributed by atoms with van der Waals surface area (Å²) in [6.45, 7) is 1.98. The summed E-state index contributed by atoms with van der Waals surface area (Å²) in [6, 6.07) is 0. The maximum Gasteiger partial charge on any atom is 0.306 e. The van der Waals surface area contributed by atoms with E-state index in [1.165, 1.54) is 0 Å². The van der Waals surface area contributed by atoms with Crippen molar-refractivity contribution in [3.8, 4) is 17.1 Å². The summed E-state index contributed by atoms with van der Waals surface area (Å²) >= 11 is 0. The first-order valence-electron chi connectivity index (χ1n) is 8.74. The van der Waals surface area contributed by atoms with Crippen LogP contribution in [0.25, 0.3) is 21.8 Å². The minimum atomic E-state index is -0.768. The zero-order chi connectivity index (χ0) is 19.4. The SMILES string of the molecule is Cc1nc(-c2cnn(C)c2CN=[N+]=[N-])ncc1O[C@H]1CCC[C@H](C(=O)O)C1. The zero-order valence-electron chi connectivity index (χ0n) is 15.2. The van der Waals surface area contributed by atoms with E-state index in [1.807, 2.05) is 6.92 Å². The van der Waals surface area contributed by atoms with Crippen LogP contribution in [0.2, 0.25) is 0 Å². The first-order chi connectivity index (χ1) is 13.0. The van der Waals surface area contributed by atoms with Crippen LogP contribution >= 0.6 is 0 Å². The third-order valence-corrected chi connectivity index (χ3v) is 4.79. The fourth-order valence-corrected chi connectivity index (χ4v) is 3.29. The van der Waals surface area contributed by atoms with Crippen molar-refractivity contribution in [2.45, 2.75) is 45.3 Å². The Hall–Kier alpha value is -3.13. The molecule has 3 rings (SSSR count). The number of carbonyl (C=O) groups is 1. The Morgan fingerprint density at radius 1 is 1.48 bits per heavy atom. The number of ether oxygens (including phenoxy) is 1. The fourth-order valence-electron chi connectivity index (χ4n) is 3.29. The Labute approximate surface area is 155 Å². The van der Waals surface area contributed by atoms with Gasteiger partial charge >= 0.3 is 5.97 Å². The Bertz CT molecular complexity index is 889. The predicted octanol–water partition coefficient (Wildman–Crippen LogP) is 3.02. The average molecular weight is 371 g/mol. The van der Waals surface area contributed by atoms with Crippen LogP contribution in [0.4, 0.5) is 0 Å². The molecular formula is C17H21N7O3. The number of nitrogens with zero attached hydrogens (tertiary/aromatic N) is 7. The highest BCUT2D eigenvalue weighted by Crippen LogP contribution is 2.30. The number of hydrogen-bond donors (Lipinski definition) is 1. The first kappa shape index (κ1) is 18.7. The van der Waals surface area contributed by atoms with Gasteiger partial charge in [0.25, 0.3) is 0 Å². The molecule has 0 spiro atoms. The van der Waals surface area contributed by atoms with Gasteiger partial charge in [-0.15, -0.1) is 0 Å². The molecule has 1 fully saturated rings. The Kier molecular flexibility index (Phi) is 5.56. The maximum absolute atomic E-state index is 11.2. The number of carboxylic acids is 1. The van der Waals surface area contributed by atoms with E-state index in [2.05, 4.69) is 25.1 Å². The van der Waals surface area contributed by atoms with Crippen LogP contribution in [0.5, 0.6) is 5.75 Å². The quantitative estimate of drug-likeness (QED) is 0.470. The van der Waals surface area contributed by atoms with Crippen molar-refractivity contribution in [1.82, 2.24) is 19.7 Å². The molecule has 0 amide bonds. The number of hydrogen-bond acceptors (Lipinski definition) is 6. The molecule has 2 heterocycles. The lowest BCUT2D eigenvalue weighted by molar-refractivity contribution is -0.143. The highest BCUT2D eigenvalue weighted by atomic mass is 16.5. The van der Waals surface area contributed by atoms with Gasteiger partial charge in [0, 0.05) is 12.0 Å². The van der Waals surface area contributed by atoms with Crippen LogP contribution in [0.1, 0.15) is 37.1 Å². The monoisotopic (exact) mass is 371 g/mol. The number of carboxylic acid groups (broad SMARTS) is 1. The zero-order valence-corrected chi connectivity index (χ0v) is 15.2. The molecule has 142 valence electrons. The molecule has 0 unspecified atom stereocenters. The average Bonchev–Trinajstić information content (AvgIpc) is 3.02. The molecule has 0 radical (unpaired) electrons. The second-order valence-corrected chi connectivity index (χ2v) is 6.60. The Balaban J connectivity index is 1.78. The van der Waals surface area contributed by atoms with Crippen molar-refractivity contribution < 1.29 is 14.6 Å². The molecule has 1 saturated carbocycles. The lowest BCUT2D eigenvalue weighted by Gasteiger charge is -2.27. The second-order valence-electron chi connectivity index (χ2n) is 6.60. The normalized spacial score (nSPS) is 19.3. The van der Waals surface area contributed by atoms with E-state index < -0.39 is 5.97 Å². The molecule has 0 saturated heterocycles. The van der Waals surface area contributed by atoms with Gasteiger partial charge in [-0.3, -0.25) is 9.48 Å². The van der Waals surface area contributed by atoms with E-state index in [4.69, 9.17) is 10.3 Å². The summed E-state index contributed by atoms with van der Waals surface area (Å²) in [5, 5.41) is 17.0. The van der Waals surface area contributed by atoms with Gasteiger partial charge in [-0.2, -0.15) is 5.10 Å². The Morgan fingerprint density at radius 2 is 2.30 bits per heavy atom. The van der Waals surface area contributed by atoms with E-state index in [9.17, 15) is 9.90 Å². The smallest absolute Gasteiger partial charge is 0.306 e. The predicted molar refractivity (Wildman–Crippen MR) is 95.8 cm³/mol. The molecular weight excluding hydrogens is 350 g/mol. The van der Waals surface area contributed by atoms with Gasteiger partial charge in [0.15, 0.2) is 11.6 Å². The number of aliphatic carboxylic acids is 1. The van der Waals surface area contributed by atoms with Crippen molar-refractivity contribution in [2.24, 2.45) is 18.1 Å². The first-order valence-corrected chi connectivity index (χ1v) is 8.74. The van der Waals surface area contributed by atoms with E-state index >= 15 is 0 Å². The molecule has 0 aromatic carbocycles. The summed E-state index contributed by atoms with van der Waals surface area (Å²) in [4.78, 5) is 22.9. The topological polar surface area (TPSA) is 139 Å². The van der Waals surface area contributed by atoms with Crippen molar-refractivity contribution in [2.75, 3.05) is 0 Å². The molecule has 0 aliphatic heterocycles. The van der Waals surface area contributed by atoms with E-state index in [0.29, 0.717) is 35.7 Å². The number of aromatic nitrogens is 4. The van der Waals surface area contributed by atoms with E-state index in [0.717, 1.165) is 18.5 Å². The summed E-state index contributed by atoms with van der Waals surface area (Å²) in [5.74, 6) is -0.0999. The molecule has 2 aromatic heterocycles. The van der Waals surface area contributed by atoms with Crippen LogP contribution in [-0.2, 0) is 18.4 Å². The lowest BCUT2D eigenvalue weighted by atomic mass is 9.87. The van der Waals surface area contributed by atoms with Gasteiger partial charge in [0.1, 0.15) is 0 Å². The molecule has 10 nitrogen and oxygen atoms in total. The van der Waals surface area contributed by atoms with Gasteiger partial charge in [-0.25, -0.2) is 9.97 Å². The summed E-state index contributed by atoms with van der Waals surface area (Å²) < 4.78 is 7.61. The molecule has 2 atom stereocenters. The van der Waals surface area contributed by atoms with Crippen LogP contribution in [0.15, 0.2) is 17.5 Å². The standard InChI is InChI=1S/C17H21N7O3/c1-10-15(27-12-5-3-4-11(6-12)17(25)26)9-19-16(22-10)13-7-21-24(2)14(13)8-20-23-18/h7,9,11-12H,3-6,8H2,1-2H3,(H,25,26)/t11-,12-/m0/s1. The highest BCUT2D eigenvalue weighted by molar-refractivity contribution is 5.70. The van der Waals surface area contributed by atoms with Gasteiger partial charge in [-0.1, -0.05) is 5.11 Å². The summed E-state index contributed by atoms with van der Waals surface area (Å²) in [7, 11) is 1.76. The number of aryl methyl sites for hydroxylation is 2. The minimum absolute atomic E-state index is 0.146. The molecule has 2 aromatic rings. The largest absolute Gasteiger partial charge is 0.487 e. The third kappa shape index (κ3) is 4.17. The van der Waals surface area contributed by atoms with Crippen molar-refractivity contribution in [1.29, 1.82) is 0 Å². The molecule has 1 aliphatic carbocycles. The van der Waals surface area contributed by atoms with Gasteiger partial charge in [0.05, 0.1) is 47.9 Å². The second kappa shape index (κ2) is 8.05. The molecule has 10 heteroatoms. The van der Waals surface area contributed by atoms with Gasteiger partial charge in [0.2, 0.25) is 0 Å². The van der Waals surface area contributed by atoms with Crippen molar-refractivity contribution in [3.05, 3.63) is 34.2 Å². The minimum Gasteiger partial charge on any atom is -0.487 e. The fraction of sp³-hybridized carbons (Fsp3) is 0.529. The number of rotatable bonds is 6. The molecule has 0 bridgehead atoms. The van der Waals surface area contributed by atoms with E-state index in [1.54, 1.807) is 24.1 Å². The van der Waals surface area contributed by atoms with Crippen LogP contribution < -0.4 is 4.74 Å². The molecule has 1 aliphatic rings. The summed E-state index contributed by atoms with van der Waals surface area (Å²) in [5.41, 5.74) is 10.6. The third-order valence-electron chi connectivity index (χ3n) is 4.79. The van der Waals surface area contributed by atoms with Crippen LogP contribution in [-0.4, -0.2) is 36.9 Å². The van der Waals surface area contributed by atoms with Crippen molar-refractivity contribution >= 4 is 5.97 Å².